The van der Waals surface area contributed by atoms with Gasteiger partial charge in [-0.2, -0.15) is 0 Å². The van der Waals surface area contributed by atoms with Crippen LogP contribution in [-0.4, -0.2) is 19.3 Å². The second kappa shape index (κ2) is 12.2. The van der Waals surface area contributed by atoms with E-state index < -0.39 is 6.85 Å². The lowest BCUT2D eigenvalue weighted by Crippen LogP contribution is -2.21. The van der Waals surface area contributed by atoms with E-state index in [2.05, 4.69) is 24.1 Å². The summed E-state index contributed by atoms with van der Waals surface area (Å²) >= 11 is 11.2. The van der Waals surface area contributed by atoms with E-state index in [1.54, 1.807) is 0 Å². The fourth-order valence-corrected chi connectivity index (χ4v) is 1.76. The first-order chi connectivity index (χ1) is 8.20. The molecule has 0 amide bonds. The Morgan fingerprint density at radius 2 is 1.47 bits per heavy atom. The molecule has 3 nitrogen and oxygen atoms in total. The molecule has 0 unspecified atom stereocenters. The van der Waals surface area contributed by atoms with Crippen molar-refractivity contribution in [2.45, 2.75) is 32.8 Å². The standard InChI is InChI=1S/C11H15Cl2O3P/c1-3-5-7-14-9-11(16-17(12)13)10-15-8-6-4-2/h11H,3-4,9-10H2,1-2H3. The molecular formula is C11H15Cl2O3P. The van der Waals surface area contributed by atoms with Gasteiger partial charge in [-0.25, -0.2) is 0 Å². The van der Waals surface area contributed by atoms with Crippen LogP contribution in [0.15, 0.2) is 0 Å². The summed E-state index contributed by atoms with van der Waals surface area (Å²) in [5.74, 6) is 5.55. The highest BCUT2D eigenvalue weighted by molar-refractivity contribution is 8.00. The molecule has 0 saturated carbocycles. The number of hydrogen-bond donors (Lipinski definition) is 0. The molecule has 0 aliphatic rings. The minimum atomic E-state index is -1.50. The Labute approximate surface area is 114 Å². The van der Waals surface area contributed by atoms with Crippen LogP contribution in [0.2, 0.25) is 0 Å². The largest absolute Gasteiger partial charge is 0.444 e. The minimum absolute atomic E-state index is 0.249. The highest BCUT2D eigenvalue weighted by Gasteiger charge is 2.15. The summed E-state index contributed by atoms with van der Waals surface area (Å²) in [6, 6.07) is 0. The summed E-state index contributed by atoms with van der Waals surface area (Å²) < 4.78 is 15.4. The third-order valence-electron chi connectivity index (χ3n) is 1.41. The topological polar surface area (TPSA) is 27.7 Å². The summed E-state index contributed by atoms with van der Waals surface area (Å²) in [7, 11) is 0. The molecule has 0 fully saturated rings. The monoisotopic (exact) mass is 296 g/mol. The molecule has 0 atom stereocenters. The second-order valence-corrected chi connectivity index (χ2v) is 5.79. The summed E-state index contributed by atoms with van der Waals surface area (Å²) in [5, 5.41) is 0. The van der Waals surface area contributed by atoms with E-state index in [-0.39, 0.29) is 19.3 Å². The summed E-state index contributed by atoms with van der Waals surface area (Å²) in [4.78, 5) is 0. The molecule has 0 saturated heterocycles. The highest BCUT2D eigenvalue weighted by atomic mass is 35.9. The molecule has 0 aliphatic heterocycles. The molecule has 96 valence electrons. The molecule has 6 heteroatoms. The summed E-state index contributed by atoms with van der Waals surface area (Å²) in [6.45, 7) is 2.87. The second-order valence-electron chi connectivity index (χ2n) is 2.82. The van der Waals surface area contributed by atoms with Gasteiger partial charge >= 0.3 is 0 Å². The van der Waals surface area contributed by atoms with Gasteiger partial charge in [0.1, 0.15) is 31.5 Å². The average molecular weight is 297 g/mol. The Kier molecular flexibility index (Phi) is 11.9. The van der Waals surface area contributed by atoms with Gasteiger partial charge in [-0.3, -0.25) is 0 Å². The molecule has 17 heavy (non-hydrogen) atoms. The average Bonchev–Trinajstić information content (AvgIpc) is 2.29. The van der Waals surface area contributed by atoms with Crippen molar-refractivity contribution < 1.29 is 14.0 Å². The third kappa shape index (κ3) is 11.9. The lowest BCUT2D eigenvalue weighted by Gasteiger charge is -2.14. The Hall–Kier alpha value is -0.310. The van der Waals surface area contributed by atoms with Gasteiger partial charge in [-0.1, -0.05) is 25.7 Å². The number of ether oxygens (including phenoxy) is 2. The molecule has 0 aliphatic carbocycles. The highest BCUT2D eigenvalue weighted by Crippen LogP contribution is 2.48. The lowest BCUT2D eigenvalue weighted by atomic mass is 10.4. The molecule has 0 rings (SSSR count). The van der Waals surface area contributed by atoms with Gasteiger partial charge in [-0.15, -0.1) is 0 Å². The van der Waals surface area contributed by atoms with Crippen LogP contribution in [-0.2, 0) is 14.0 Å². The fourth-order valence-electron chi connectivity index (χ4n) is 0.737. The molecule has 0 heterocycles. The maximum absolute atomic E-state index is 5.58. The zero-order valence-corrected chi connectivity index (χ0v) is 12.2. The normalized spacial score (nSPS) is 9.29. The van der Waals surface area contributed by atoms with Crippen molar-refractivity contribution in [3.63, 3.8) is 0 Å². The van der Waals surface area contributed by atoms with Crippen molar-refractivity contribution in [2.75, 3.05) is 13.2 Å². The third-order valence-corrected chi connectivity index (χ3v) is 2.35. The van der Waals surface area contributed by atoms with Crippen molar-refractivity contribution in [3.8, 4) is 24.1 Å². The van der Waals surface area contributed by atoms with Crippen LogP contribution in [0, 0.1) is 24.1 Å². The minimum Gasteiger partial charge on any atom is -0.444 e. The van der Waals surface area contributed by atoms with Gasteiger partial charge < -0.3 is 14.0 Å². The van der Waals surface area contributed by atoms with E-state index in [0.29, 0.717) is 0 Å². The molecule has 0 radical (unpaired) electrons. The fraction of sp³-hybridized carbons (Fsp3) is 0.636. The number of hydrogen-bond acceptors (Lipinski definition) is 3. The van der Waals surface area contributed by atoms with E-state index in [9.17, 15) is 0 Å². The van der Waals surface area contributed by atoms with E-state index in [1.807, 2.05) is 13.8 Å². The van der Waals surface area contributed by atoms with Crippen molar-refractivity contribution >= 4 is 29.3 Å². The summed E-state index contributed by atoms with van der Waals surface area (Å²) in [6.07, 6.45) is 6.19. The quantitative estimate of drug-likeness (QED) is 0.550. The van der Waals surface area contributed by atoms with Gasteiger partial charge in [-0.05, 0) is 22.5 Å². The van der Waals surface area contributed by atoms with Crippen LogP contribution in [0.5, 0.6) is 0 Å². The summed E-state index contributed by atoms with van der Waals surface area (Å²) in [5.41, 5.74) is 0. The van der Waals surface area contributed by atoms with Crippen LogP contribution in [0.1, 0.15) is 26.7 Å². The van der Waals surface area contributed by atoms with Crippen LogP contribution in [0.25, 0.3) is 0 Å². The SMILES string of the molecule is CCC#COCC(COC#CCC)OP(Cl)Cl. The predicted octanol–water partition coefficient (Wildman–Crippen LogP) is 3.85. The number of halogens is 2. The Bertz CT molecular complexity index is 275. The molecule has 0 spiro atoms. The van der Waals surface area contributed by atoms with Crippen LogP contribution in [0.4, 0.5) is 0 Å². The first-order valence-corrected chi connectivity index (χ1v) is 8.25. The van der Waals surface area contributed by atoms with Crippen LogP contribution < -0.4 is 0 Å². The van der Waals surface area contributed by atoms with Gasteiger partial charge in [0, 0.05) is 12.8 Å². The van der Waals surface area contributed by atoms with E-state index in [1.165, 1.54) is 0 Å². The molecule has 0 N–H and O–H groups in total. The predicted molar refractivity (Wildman–Crippen MR) is 71.5 cm³/mol. The van der Waals surface area contributed by atoms with E-state index >= 15 is 0 Å². The molecule has 0 bridgehead atoms. The number of rotatable bonds is 6. The van der Waals surface area contributed by atoms with Crippen molar-refractivity contribution in [3.05, 3.63) is 0 Å². The smallest absolute Gasteiger partial charge is 0.226 e. The molecule has 0 aromatic heterocycles. The van der Waals surface area contributed by atoms with Crippen LogP contribution >= 0.6 is 29.3 Å². The maximum Gasteiger partial charge on any atom is 0.226 e. The molecular weight excluding hydrogens is 282 g/mol. The lowest BCUT2D eigenvalue weighted by molar-refractivity contribution is 0.0725. The van der Waals surface area contributed by atoms with Crippen LogP contribution in [0.3, 0.4) is 0 Å². The van der Waals surface area contributed by atoms with Gasteiger partial charge in [0.15, 0.2) is 0 Å². The Morgan fingerprint density at radius 3 is 1.82 bits per heavy atom. The van der Waals surface area contributed by atoms with Crippen molar-refractivity contribution in [1.29, 1.82) is 0 Å². The van der Waals surface area contributed by atoms with Gasteiger partial charge in [0.25, 0.3) is 0 Å². The maximum atomic E-state index is 5.58. The molecule has 0 aromatic carbocycles. The molecule has 0 aromatic rings. The Morgan fingerprint density at radius 1 is 1.00 bits per heavy atom. The van der Waals surface area contributed by atoms with E-state index in [0.717, 1.165) is 12.8 Å². The zero-order chi connectivity index (χ0) is 12.9. The first-order valence-electron chi connectivity index (χ1n) is 5.18. The first kappa shape index (κ1) is 16.7. The van der Waals surface area contributed by atoms with Gasteiger partial charge in [0.2, 0.25) is 6.85 Å². The van der Waals surface area contributed by atoms with Crippen molar-refractivity contribution in [1.82, 2.24) is 0 Å². The van der Waals surface area contributed by atoms with Gasteiger partial charge in [0.05, 0.1) is 0 Å². The van der Waals surface area contributed by atoms with E-state index in [4.69, 9.17) is 36.5 Å². The van der Waals surface area contributed by atoms with Crippen molar-refractivity contribution in [2.24, 2.45) is 0 Å². The Balaban J connectivity index is 3.95. The zero-order valence-electron chi connectivity index (χ0n) is 9.83.